The molecule has 0 aliphatic heterocycles. The first-order valence-corrected chi connectivity index (χ1v) is 12.5. The van der Waals surface area contributed by atoms with Crippen LogP contribution in [0.5, 0.6) is 0 Å². The highest BCUT2D eigenvalue weighted by Crippen LogP contribution is 2.25. The molecule has 0 saturated heterocycles. The van der Waals surface area contributed by atoms with E-state index in [-0.39, 0.29) is 22.0 Å². The van der Waals surface area contributed by atoms with Gasteiger partial charge in [-0.25, -0.2) is 18.2 Å². The highest BCUT2D eigenvalue weighted by atomic mass is 79.9. The normalized spacial score (nSPS) is 11.4. The third-order valence-electron chi connectivity index (χ3n) is 4.17. The van der Waals surface area contributed by atoms with Gasteiger partial charge in [-0.15, -0.1) is 0 Å². The molecule has 2 aromatic carbocycles. The van der Waals surface area contributed by atoms with Gasteiger partial charge in [0.25, 0.3) is 5.91 Å². The Labute approximate surface area is 202 Å². The van der Waals surface area contributed by atoms with Crippen LogP contribution in [0.4, 0.5) is 5.13 Å². The Bertz CT molecular complexity index is 1240. The Kier molecular flexibility index (Phi) is 8.01. The zero-order valence-electron chi connectivity index (χ0n) is 16.6. The second-order valence-electron chi connectivity index (χ2n) is 6.48. The molecule has 1 heterocycles. The van der Waals surface area contributed by atoms with Crippen molar-refractivity contribution in [3.63, 3.8) is 0 Å². The zero-order valence-corrected chi connectivity index (χ0v) is 20.6. The van der Waals surface area contributed by atoms with Crippen molar-refractivity contribution in [3.8, 4) is 0 Å². The van der Waals surface area contributed by atoms with Crippen LogP contribution >= 0.6 is 38.9 Å². The standard InChI is InChI=1S/C20H17BrClN3O5S2/c1-25(11-13-5-3-2-4-6-13)32(28,29)14-7-8-16(22)15(9-14)19(27)30-12-18(26)24-20-23-10-17(21)31-20/h2-10H,11-12H2,1H3,(H,23,24,26). The lowest BCUT2D eigenvalue weighted by molar-refractivity contribution is -0.119. The van der Waals surface area contributed by atoms with Crippen LogP contribution in [-0.4, -0.2) is 43.2 Å². The number of carbonyl (C=O) groups excluding carboxylic acids is 2. The van der Waals surface area contributed by atoms with Gasteiger partial charge in [-0.2, -0.15) is 4.31 Å². The Balaban J connectivity index is 1.69. The highest BCUT2D eigenvalue weighted by molar-refractivity contribution is 9.11. The van der Waals surface area contributed by atoms with Crippen LogP contribution in [0, 0.1) is 0 Å². The summed E-state index contributed by atoms with van der Waals surface area (Å²) in [4.78, 5) is 28.2. The van der Waals surface area contributed by atoms with Gasteiger partial charge in [0.2, 0.25) is 10.0 Å². The van der Waals surface area contributed by atoms with Crippen LogP contribution in [0.15, 0.2) is 63.4 Å². The van der Waals surface area contributed by atoms with E-state index in [0.29, 0.717) is 5.13 Å². The molecule has 0 bridgehead atoms. The first kappa shape index (κ1) is 24.3. The predicted octanol–water partition coefficient (Wildman–Crippen LogP) is 4.18. The first-order chi connectivity index (χ1) is 15.2. The Morgan fingerprint density at radius 1 is 1.22 bits per heavy atom. The molecule has 168 valence electrons. The molecule has 1 aromatic heterocycles. The van der Waals surface area contributed by atoms with E-state index in [1.807, 2.05) is 30.3 Å². The average Bonchev–Trinajstić information content (AvgIpc) is 3.17. The van der Waals surface area contributed by atoms with Gasteiger partial charge in [-0.3, -0.25) is 10.1 Å². The molecule has 1 N–H and O–H groups in total. The maximum Gasteiger partial charge on any atom is 0.340 e. The first-order valence-electron chi connectivity index (χ1n) is 9.05. The summed E-state index contributed by atoms with van der Waals surface area (Å²) in [7, 11) is -2.46. The molecular weight excluding hydrogens is 542 g/mol. The Morgan fingerprint density at radius 2 is 1.94 bits per heavy atom. The largest absolute Gasteiger partial charge is 0.452 e. The maximum absolute atomic E-state index is 13.0. The van der Waals surface area contributed by atoms with Crippen LogP contribution in [0.2, 0.25) is 5.02 Å². The lowest BCUT2D eigenvalue weighted by Gasteiger charge is -2.18. The van der Waals surface area contributed by atoms with Gasteiger partial charge < -0.3 is 4.74 Å². The van der Waals surface area contributed by atoms with Gasteiger partial charge >= 0.3 is 5.97 Å². The molecule has 0 atom stereocenters. The topological polar surface area (TPSA) is 106 Å². The number of anilines is 1. The molecule has 0 fully saturated rings. The van der Waals surface area contributed by atoms with Gasteiger partial charge in [0.1, 0.15) is 0 Å². The zero-order chi connectivity index (χ0) is 23.3. The summed E-state index contributed by atoms with van der Waals surface area (Å²) in [5, 5.41) is 2.83. The molecule has 3 rings (SSSR count). The van der Waals surface area contributed by atoms with E-state index in [4.69, 9.17) is 16.3 Å². The molecule has 0 saturated carbocycles. The van der Waals surface area contributed by atoms with E-state index in [0.717, 1.165) is 15.4 Å². The van der Waals surface area contributed by atoms with Gasteiger partial charge in [-0.1, -0.05) is 53.3 Å². The number of rotatable bonds is 8. The molecule has 8 nitrogen and oxygen atoms in total. The molecule has 12 heteroatoms. The van der Waals surface area contributed by atoms with Crippen molar-refractivity contribution in [2.75, 3.05) is 19.0 Å². The molecule has 0 radical (unpaired) electrons. The number of hydrogen-bond acceptors (Lipinski definition) is 7. The van der Waals surface area contributed by atoms with E-state index >= 15 is 0 Å². The lowest BCUT2D eigenvalue weighted by atomic mass is 10.2. The van der Waals surface area contributed by atoms with Crippen molar-refractivity contribution in [2.45, 2.75) is 11.4 Å². The number of ether oxygens (including phenoxy) is 1. The van der Waals surface area contributed by atoms with Crippen LogP contribution in [0.1, 0.15) is 15.9 Å². The predicted molar refractivity (Wildman–Crippen MR) is 125 cm³/mol. The van der Waals surface area contributed by atoms with E-state index in [9.17, 15) is 18.0 Å². The van der Waals surface area contributed by atoms with Gasteiger partial charge in [-0.05, 0) is 39.7 Å². The number of sulfonamides is 1. The lowest BCUT2D eigenvalue weighted by Crippen LogP contribution is -2.27. The van der Waals surface area contributed by atoms with Gasteiger partial charge in [0.05, 0.1) is 25.5 Å². The van der Waals surface area contributed by atoms with Gasteiger partial charge in [0.15, 0.2) is 11.7 Å². The molecule has 0 aliphatic carbocycles. The Morgan fingerprint density at radius 3 is 2.59 bits per heavy atom. The number of benzene rings is 2. The summed E-state index contributed by atoms with van der Waals surface area (Å²) in [5.74, 6) is -1.52. The quantitative estimate of drug-likeness (QED) is 0.416. The van der Waals surface area contributed by atoms with Crippen molar-refractivity contribution >= 4 is 65.9 Å². The van der Waals surface area contributed by atoms with Crippen LogP contribution in [0.3, 0.4) is 0 Å². The average molecular weight is 559 g/mol. The van der Waals surface area contributed by atoms with E-state index < -0.39 is 28.5 Å². The van der Waals surface area contributed by atoms with Crippen molar-refractivity contribution in [2.24, 2.45) is 0 Å². The minimum Gasteiger partial charge on any atom is -0.452 e. The number of hydrogen-bond donors (Lipinski definition) is 1. The van der Waals surface area contributed by atoms with Crippen molar-refractivity contribution in [1.29, 1.82) is 0 Å². The molecule has 0 aliphatic rings. The monoisotopic (exact) mass is 557 g/mol. The van der Waals surface area contributed by atoms with Crippen LogP contribution < -0.4 is 5.32 Å². The minimum atomic E-state index is -3.90. The van der Waals surface area contributed by atoms with Crippen LogP contribution in [0.25, 0.3) is 0 Å². The van der Waals surface area contributed by atoms with Gasteiger partial charge in [0, 0.05) is 13.6 Å². The molecular formula is C20H17BrClN3O5S2. The van der Waals surface area contributed by atoms with Crippen molar-refractivity contribution < 1.29 is 22.7 Å². The fourth-order valence-corrected chi connectivity index (χ4v) is 5.11. The number of nitrogens with zero attached hydrogens (tertiary/aromatic N) is 2. The summed E-state index contributed by atoms with van der Waals surface area (Å²) in [6, 6.07) is 12.8. The number of aromatic nitrogens is 1. The fourth-order valence-electron chi connectivity index (χ4n) is 2.60. The summed E-state index contributed by atoms with van der Waals surface area (Å²) in [6.45, 7) is -0.435. The summed E-state index contributed by atoms with van der Waals surface area (Å²) in [5.41, 5.74) is 0.649. The number of amides is 1. The third kappa shape index (κ3) is 6.14. The minimum absolute atomic E-state index is 0.00363. The number of carbonyl (C=O) groups is 2. The highest BCUT2D eigenvalue weighted by Gasteiger charge is 2.24. The number of halogens is 2. The summed E-state index contributed by atoms with van der Waals surface area (Å²) < 4.78 is 32.8. The SMILES string of the molecule is CN(Cc1ccccc1)S(=O)(=O)c1ccc(Cl)c(C(=O)OCC(=O)Nc2ncc(Br)s2)c1. The molecule has 0 spiro atoms. The van der Waals surface area contributed by atoms with E-state index in [2.05, 4.69) is 26.2 Å². The summed E-state index contributed by atoms with van der Waals surface area (Å²) >= 11 is 10.5. The van der Waals surface area contributed by atoms with Crippen molar-refractivity contribution in [1.82, 2.24) is 9.29 Å². The van der Waals surface area contributed by atoms with Crippen molar-refractivity contribution in [3.05, 3.63) is 74.7 Å². The third-order valence-corrected chi connectivity index (χ3v) is 7.69. The molecule has 1 amide bonds. The fraction of sp³-hybridized carbons (Fsp3) is 0.150. The smallest absolute Gasteiger partial charge is 0.340 e. The number of nitrogens with one attached hydrogen (secondary N) is 1. The molecule has 32 heavy (non-hydrogen) atoms. The maximum atomic E-state index is 13.0. The summed E-state index contributed by atoms with van der Waals surface area (Å²) in [6.07, 6.45) is 1.52. The second-order valence-corrected chi connectivity index (χ2v) is 11.3. The second kappa shape index (κ2) is 10.5. The van der Waals surface area contributed by atoms with E-state index in [1.54, 1.807) is 0 Å². The molecule has 0 unspecified atom stereocenters. The number of thiazole rings is 1. The Hall–Kier alpha value is -2.31. The molecule has 3 aromatic rings. The van der Waals surface area contributed by atoms with E-state index in [1.165, 1.54) is 41.0 Å². The van der Waals surface area contributed by atoms with Crippen LogP contribution in [-0.2, 0) is 26.1 Å². The number of esters is 1.